The lowest BCUT2D eigenvalue weighted by Crippen LogP contribution is -2.38. The zero-order valence-corrected chi connectivity index (χ0v) is 13.6. The Morgan fingerprint density at radius 1 is 1.05 bits per heavy atom. The van der Waals surface area contributed by atoms with Crippen LogP contribution in [0, 0.1) is 13.8 Å². The van der Waals surface area contributed by atoms with Crippen LogP contribution in [-0.2, 0) is 11.3 Å². The maximum Gasteiger partial charge on any atom is 0.0594 e. The zero-order valence-electron chi connectivity index (χ0n) is 13.6. The first-order chi connectivity index (χ1) is 9.27. The molecule has 1 aliphatic heterocycles. The summed E-state index contributed by atoms with van der Waals surface area (Å²) in [6.07, 6.45) is 1.94. The van der Waals surface area contributed by atoms with E-state index >= 15 is 0 Å². The number of aryl methyl sites for hydroxylation is 1. The highest BCUT2D eigenvalue weighted by Gasteiger charge is 2.10. The summed E-state index contributed by atoms with van der Waals surface area (Å²) in [6, 6.07) is 0. The number of nitrogens with zero attached hydrogens (tertiary/aromatic N) is 3. The van der Waals surface area contributed by atoms with Gasteiger partial charge in [-0.3, -0.25) is 9.58 Å². The quantitative estimate of drug-likeness (QED) is 0.845. The van der Waals surface area contributed by atoms with E-state index in [2.05, 4.69) is 28.5 Å². The van der Waals surface area contributed by atoms with Crippen molar-refractivity contribution in [2.24, 2.45) is 0 Å². The van der Waals surface area contributed by atoms with Gasteiger partial charge in [0.05, 0.1) is 26.0 Å². The fraction of sp³-hybridized carbons (Fsp3) is 0.800. The summed E-state index contributed by atoms with van der Waals surface area (Å²) in [4.78, 5) is 2.43. The molecule has 0 bridgehead atoms. The Kier molecular flexibility index (Phi) is 10.5. The van der Waals surface area contributed by atoms with Crippen LogP contribution in [-0.4, -0.2) is 47.5 Å². The Morgan fingerprint density at radius 2 is 1.63 bits per heavy atom. The van der Waals surface area contributed by atoms with Crippen molar-refractivity contribution in [1.29, 1.82) is 0 Å². The average Bonchev–Trinajstić information content (AvgIpc) is 2.82. The Morgan fingerprint density at radius 3 is 2.11 bits per heavy atom. The molecule has 1 aliphatic rings. The fourth-order valence-corrected chi connectivity index (χ4v) is 1.83. The van der Waals surface area contributed by atoms with E-state index < -0.39 is 0 Å². The highest BCUT2D eigenvalue weighted by atomic mass is 16.5. The number of hydrogen-bond acceptors (Lipinski definition) is 3. The van der Waals surface area contributed by atoms with E-state index in [0.29, 0.717) is 0 Å². The van der Waals surface area contributed by atoms with Gasteiger partial charge in [-0.25, -0.2) is 0 Å². The molecule has 1 fully saturated rings. The zero-order chi connectivity index (χ0) is 14.7. The van der Waals surface area contributed by atoms with E-state index in [1.807, 2.05) is 33.9 Å². The molecule has 0 N–H and O–H groups in total. The van der Waals surface area contributed by atoms with Gasteiger partial charge in [0.2, 0.25) is 0 Å². The van der Waals surface area contributed by atoms with Crippen LogP contribution in [0.3, 0.4) is 0 Å². The van der Waals surface area contributed by atoms with E-state index in [-0.39, 0.29) is 0 Å². The smallest absolute Gasteiger partial charge is 0.0594 e. The second-order valence-corrected chi connectivity index (χ2v) is 4.09. The van der Waals surface area contributed by atoms with Gasteiger partial charge in [0.15, 0.2) is 0 Å². The van der Waals surface area contributed by atoms with Crippen LogP contribution in [0.2, 0.25) is 0 Å². The number of morpholine rings is 1. The van der Waals surface area contributed by atoms with Gasteiger partial charge in [-0.15, -0.1) is 0 Å². The molecule has 4 heteroatoms. The van der Waals surface area contributed by atoms with Gasteiger partial charge >= 0.3 is 0 Å². The van der Waals surface area contributed by atoms with Gasteiger partial charge in [0.1, 0.15) is 0 Å². The Hall–Kier alpha value is -0.870. The van der Waals surface area contributed by atoms with Crippen molar-refractivity contribution in [2.75, 3.05) is 32.8 Å². The number of aromatic nitrogens is 2. The topological polar surface area (TPSA) is 30.3 Å². The maximum absolute atomic E-state index is 5.32. The maximum atomic E-state index is 5.32. The minimum atomic E-state index is 0.872. The molecule has 1 aromatic rings. The van der Waals surface area contributed by atoms with Gasteiger partial charge in [-0.05, 0) is 19.4 Å². The van der Waals surface area contributed by atoms with Crippen LogP contribution >= 0.6 is 0 Å². The van der Waals surface area contributed by atoms with Crippen molar-refractivity contribution in [1.82, 2.24) is 14.7 Å². The second kappa shape index (κ2) is 11.0. The predicted molar refractivity (Wildman–Crippen MR) is 81.7 cm³/mol. The van der Waals surface area contributed by atoms with Crippen LogP contribution in [0.1, 0.15) is 39.0 Å². The Bertz CT molecular complexity index is 317. The lowest BCUT2D eigenvalue weighted by atomic mass is 10.3. The van der Waals surface area contributed by atoms with Gasteiger partial charge in [-0.2, -0.15) is 5.10 Å². The van der Waals surface area contributed by atoms with Crippen LogP contribution < -0.4 is 0 Å². The summed E-state index contributed by atoms with van der Waals surface area (Å²) >= 11 is 0. The molecular formula is C15H31N3O. The molecule has 112 valence electrons. The number of ether oxygens (including phenoxy) is 1. The molecule has 19 heavy (non-hydrogen) atoms. The molecule has 1 saturated heterocycles. The van der Waals surface area contributed by atoms with E-state index in [9.17, 15) is 0 Å². The molecule has 2 heterocycles. The third-order valence-corrected chi connectivity index (χ3v) is 3.08. The summed E-state index contributed by atoms with van der Waals surface area (Å²) in [6.45, 7) is 18.1. The van der Waals surface area contributed by atoms with Crippen LogP contribution in [0.15, 0.2) is 6.20 Å². The van der Waals surface area contributed by atoms with Gasteiger partial charge in [0, 0.05) is 25.3 Å². The summed E-state index contributed by atoms with van der Waals surface area (Å²) in [5.41, 5.74) is 2.56. The highest BCUT2D eigenvalue weighted by Crippen LogP contribution is 2.05. The van der Waals surface area contributed by atoms with Crippen molar-refractivity contribution in [3.05, 3.63) is 17.5 Å². The SMILES string of the molecule is CC.CC.Cc1cnn(CCN2CCOCC2)c1C. The molecule has 0 amide bonds. The number of hydrogen-bond donors (Lipinski definition) is 0. The average molecular weight is 269 g/mol. The Balaban J connectivity index is 0.000000741. The molecule has 1 aromatic heterocycles. The summed E-state index contributed by atoms with van der Waals surface area (Å²) in [5, 5.41) is 4.36. The first-order valence-electron chi connectivity index (χ1n) is 7.56. The largest absolute Gasteiger partial charge is 0.379 e. The van der Waals surface area contributed by atoms with Gasteiger partial charge < -0.3 is 4.74 Å². The van der Waals surface area contributed by atoms with Gasteiger partial charge in [-0.1, -0.05) is 27.7 Å². The summed E-state index contributed by atoms with van der Waals surface area (Å²) < 4.78 is 7.40. The first-order valence-corrected chi connectivity index (χ1v) is 7.56. The van der Waals surface area contributed by atoms with E-state index in [1.54, 1.807) is 0 Å². The van der Waals surface area contributed by atoms with Gasteiger partial charge in [0.25, 0.3) is 0 Å². The summed E-state index contributed by atoms with van der Waals surface area (Å²) in [7, 11) is 0. The van der Waals surface area contributed by atoms with Crippen molar-refractivity contribution in [2.45, 2.75) is 48.1 Å². The van der Waals surface area contributed by atoms with E-state index in [0.717, 1.165) is 39.4 Å². The molecule has 0 radical (unpaired) electrons. The van der Waals surface area contributed by atoms with Crippen LogP contribution in [0.4, 0.5) is 0 Å². The second-order valence-electron chi connectivity index (χ2n) is 4.09. The lowest BCUT2D eigenvalue weighted by Gasteiger charge is -2.26. The van der Waals surface area contributed by atoms with Crippen LogP contribution in [0.5, 0.6) is 0 Å². The molecule has 0 spiro atoms. The van der Waals surface area contributed by atoms with Crippen molar-refractivity contribution >= 4 is 0 Å². The highest BCUT2D eigenvalue weighted by molar-refractivity contribution is 5.13. The molecule has 0 atom stereocenters. The molecule has 0 saturated carbocycles. The lowest BCUT2D eigenvalue weighted by molar-refractivity contribution is 0.0359. The molecule has 4 nitrogen and oxygen atoms in total. The molecule has 0 unspecified atom stereocenters. The van der Waals surface area contributed by atoms with E-state index in [4.69, 9.17) is 4.74 Å². The van der Waals surface area contributed by atoms with Crippen molar-refractivity contribution < 1.29 is 4.74 Å². The minimum Gasteiger partial charge on any atom is -0.379 e. The van der Waals surface area contributed by atoms with E-state index in [1.165, 1.54) is 11.3 Å². The molecular weight excluding hydrogens is 238 g/mol. The predicted octanol–water partition coefficient (Wildman–Crippen LogP) is 2.88. The molecule has 2 rings (SSSR count). The molecule has 0 aliphatic carbocycles. The molecule has 0 aromatic carbocycles. The first kappa shape index (κ1) is 18.1. The Labute approximate surface area is 118 Å². The van der Waals surface area contributed by atoms with Crippen molar-refractivity contribution in [3.63, 3.8) is 0 Å². The van der Waals surface area contributed by atoms with Crippen molar-refractivity contribution in [3.8, 4) is 0 Å². The monoisotopic (exact) mass is 269 g/mol. The van der Waals surface area contributed by atoms with Crippen LogP contribution in [0.25, 0.3) is 0 Å². The minimum absolute atomic E-state index is 0.872. The summed E-state index contributed by atoms with van der Waals surface area (Å²) in [5.74, 6) is 0. The fourth-order valence-electron chi connectivity index (χ4n) is 1.83. The third kappa shape index (κ3) is 6.21. The number of rotatable bonds is 3. The normalized spacial score (nSPS) is 15.1. The third-order valence-electron chi connectivity index (χ3n) is 3.08. The standard InChI is InChI=1S/C11H19N3O.2C2H6/c1-10-9-12-14(11(10)2)4-3-13-5-7-15-8-6-13;2*1-2/h9H,3-8H2,1-2H3;2*1-2H3.